The molecule has 0 spiro atoms. The highest BCUT2D eigenvalue weighted by Crippen LogP contribution is 2.26. The SMILES string of the molecule is NCC(NN1CCCCC1)c1ccc(Br)c(Br)c1. The second kappa shape index (κ2) is 7.01. The first-order valence-corrected chi connectivity index (χ1v) is 7.95. The van der Waals surface area contributed by atoms with Crippen LogP contribution in [0.15, 0.2) is 27.1 Å². The molecule has 100 valence electrons. The molecule has 18 heavy (non-hydrogen) atoms. The molecule has 1 aromatic rings. The molecule has 0 amide bonds. The van der Waals surface area contributed by atoms with Gasteiger partial charge in [-0.3, -0.25) is 0 Å². The van der Waals surface area contributed by atoms with E-state index in [1.165, 1.54) is 24.8 Å². The van der Waals surface area contributed by atoms with E-state index in [1.54, 1.807) is 0 Å². The predicted molar refractivity (Wildman–Crippen MR) is 82.2 cm³/mol. The van der Waals surface area contributed by atoms with Crippen molar-refractivity contribution in [3.8, 4) is 0 Å². The molecule has 0 aliphatic carbocycles. The number of hydrogen-bond donors (Lipinski definition) is 2. The molecule has 0 bridgehead atoms. The Morgan fingerprint density at radius 2 is 1.89 bits per heavy atom. The third kappa shape index (κ3) is 3.78. The number of rotatable bonds is 4. The zero-order valence-electron chi connectivity index (χ0n) is 10.3. The Morgan fingerprint density at radius 1 is 1.17 bits per heavy atom. The third-order valence-electron chi connectivity index (χ3n) is 3.28. The molecule has 1 heterocycles. The van der Waals surface area contributed by atoms with Crippen molar-refractivity contribution in [1.29, 1.82) is 0 Å². The standard InChI is InChI=1S/C13H19Br2N3/c14-11-5-4-10(8-12(11)15)13(9-16)17-18-6-2-1-3-7-18/h4-5,8,13,17H,1-3,6-7,9,16H2. The molecule has 5 heteroatoms. The topological polar surface area (TPSA) is 41.3 Å². The van der Waals surface area contributed by atoms with Crippen LogP contribution in [0, 0.1) is 0 Å². The van der Waals surface area contributed by atoms with Crippen LogP contribution in [0.4, 0.5) is 0 Å². The van der Waals surface area contributed by atoms with Gasteiger partial charge in [0.25, 0.3) is 0 Å². The van der Waals surface area contributed by atoms with Gasteiger partial charge in [0.15, 0.2) is 0 Å². The van der Waals surface area contributed by atoms with E-state index in [0.29, 0.717) is 6.54 Å². The van der Waals surface area contributed by atoms with Gasteiger partial charge in [0, 0.05) is 28.6 Å². The maximum Gasteiger partial charge on any atom is 0.0587 e. The average Bonchev–Trinajstić information content (AvgIpc) is 2.40. The quantitative estimate of drug-likeness (QED) is 0.847. The summed E-state index contributed by atoms with van der Waals surface area (Å²) in [5.74, 6) is 0. The number of nitrogens with two attached hydrogens (primary N) is 1. The molecule has 2 rings (SSSR count). The molecule has 1 atom stereocenters. The third-order valence-corrected chi connectivity index (χ3v) is 5.16. The van der Waals surface area contributed by atoms with Gasteiger partial charge in [-0.1, -0.05) is 12.5 Å². The van der Waals surface area contributed by atoms with Crippen LogP contribution in [-0.4, -0.2) is 24.6 Å². The second-order valence-electron chi connectivity index (χ2n) is 4.64. The van der Waals surface area contributed by atoms with E-state index in [1.807, 2.05) is 0 Å². The minimum absolute atomic E-state index is 0.187. The fourth-order valence-corrected chi connectivity index (χ4v) is 2.88. The fourth-order valence-electron chi connectivity index (χ4n) is 2.24. The summed E-state index contributed by atoms with van der Waals surface area (Å²) in [7, 11) is 0. The van der Waals surface area contributed by atoms with Crippen LogP contribution in [0.25, 0.3) is 0 Å². The smallest absolute Gasteiger partial charge is 0.0587 e. The fraction of sp³-hybridized carbons (Fsp3) is 0.538. The van der Waals surface area contributed by atoms with Crippen molar-refractivity contribution >= 4 is 31.9 Å². The lowest BCUT2D eigenvalue weighted by Crippen LogP contribution is -2.45. The average molecular weight is 377 g/mol. The van der Waals surface area contributed by atoms with Gasteiger partial charge in [0.1, 0.15) is 0 Å². The first kappa shape index (κ1) is 14.5. The lowest BCUT2D eigenvalue weighted by molar-refractivity contribution is 0.130. The Morgan fingerprint density at radius 3 is 2.50 bits per heavy atom. The van der Waals surface area contributed by atoms with Crippen molar-refractivity contribution in [3.63, 3.8) is 0 Å². The van der Waals surface area contributed by atoms with E-state index in [0.717, 1.165) is 22.0 Å². The largest absolute Gasteiger partial charge is 0.329 e. The molecule has 3 N–H and O–H groups in total. The Bertz CT molecular complexity index is 392. The maximum absolute atomic E-state index is 5.89. The number of nitrogens with zero attached hydrogens (tertiary/aromatic N) is 1. The van der Waals surface area contributed by atoms with E-state index in [2.05, 4.69) is 60.5 Å². The van der Waals surface area contributed by atoms with Crippen molar-refractivity contribution in [2.75, 3.05) is 19.6 Å². The molecule has 1 unspecified atom stereocenters. The number of hydrazine groups is 1. The first-order valence-electron chi connectivity index (χ1n) is 6.37. The molecule has 0 aromatic heterocycles. The van der Waals surface area contributed by atoms with Crippen molar-refractivity contribution < 1.29 is 0 Å². The van der Waals surface area contributed by atoms with Crippen LogP contribution in [0.1, 0.15) is 30.9 Å². The Labute approximate surface area is 125 Å². The molecule has 3 nitrogen and oxygen atoms in total. The highest BCUT2D eigenvalue weighted by molar-refractivity contribution is 9.13. The van der Waals surface area contributed by atoms with Gasteiger partial charge >= 0.3 is 0 Å². The summed E-state index contributed by atoms with van der Waals surface area (Å²) in [4.78, 5) is 0. The van der Waals surface area contributed by atoms with Crippen LogP contribution in [0.5, 0.6) is 0 Å². The van der Waals surface area contributed by atoms with E-state index in [9.17, 15) is 0 Å². The lowest BCUT2D eigenvalue weighted by Gasteiger charge is -2.31. The van der Waals surface area contributed by atoms with Crippen LogP contribution >= 0.6 is 31.9 Å². The summed E-state index contributed by atoms with van der Waals surface area (Å²) in [6.45, 7) is 2.84. The number of benzene rings is 1. The molecule has 1 aliphatic heterocycles. The van der Waals surface area contributed by atoms with E-state index < -0.39 is 0 Å². The number of nitrogens with one attached hydrogen (secondary N) is 1. The van der Waals surface area contributed by atoms with Gasteiger partial charge in [-0.25, -0.2) is 10.4 Å². The normalized spacial score (nSPS) is 18.8. The van der Waals surface area contributed by atoms with Crippen LogP contribution in [0.3, 0.4) is 0 Å². The molecular formula is C13H19Br2N3. The van der Waals surface area contributed by atoms with Gasteiger partial charge in [-0.05, 0) is 62.4 Å². The summed E-state index contributed by atoms with van der Waals surface area (Å²) < 4.78 is 2.14. The summed E-state index contributed by atoms with van der Waals surface area (Å²) in [6.07, 6.45) is 3.89. The number of piperidine rings is 1. The monoisotopic (exact) mass is 375 g/mol. The van der Waals surface area contributed by atoms with Crippen molar-refractivity contribution in [1.82, 2.24) is 10.4 Å². The van der Waals surface area contributed by atoms with Crippen LogP contribution < -0.4 is 11.2 Å². The van der Waals surface area contributed by atoms with Gasteiger partial charge < -0.3 is 5.73 Å². The molecule has 0 saturated carbocycles. The van der Waals surface area contributed by atoms with E-state index in [4.69, 9.17) is 5.73 Å². The zero-order chi connectivity index (χ0) is 13.0. The van der Waals surface area contributed by atoms with Gasteiger partial charge in [-0.2, -0.15) is 0 Å². The Hall–Kier alpha value is 0.0600. The summed E-state index contributed by atoms with van der Waals surface area (Å²) >= 11 is 7.03. The molecule has 1 aromatic carbocycles. The van der Waals surface area contributed by atoms with E-state index >= 15 is 0 Å². The van der Waals surface area contributed by atoms with Crippen molar-refractivity contribution in [2.24, 2.45) is 5.73 Å². The van der Waals surface area contributed by atoms with Gasteiger partial charge in [0.05, 0.1) is 6.04 Å². The summed E-state index contributed by atoms with van der Waals surface area (Å²) in [6, 6.07) is 6.48. The molecule has 1 aliphatic rings. The van der Waals surface area contributed by atoms with E-state index in [-0.39, 0.29) is 6.04 Å². The van der Waals surface area contributed by atoms with Crippen LogP contribution in [-0.2, 0) is 0 Å². The molecule has 1 fully saturated rings. The Balaban J connectivity index is 2.04. The number of hydrogen-bond acceptors (Lipinski definition) is 3. The summed E-state index contributed by atoms with van der Waals surface area (Å²) in [5.41, 5.74) is 10.7. The maximum atomic E-state index is 5.89. The highest BCUT2D eigenvalue weighted by atomic mass is 79.9. The molecule has 0 radical (unpaired) electrons. The number of halogens is 2. The Kier molecular flexibility index (Phi) is 5.63. The summed E-state index contributed by atoms with van der Waals surface area (Å²) in [5, 5.41) is 2.30. The molecule has 1 saturated heterocycles. The van der Waals surface area contributed by atoms with Gasteiger partial charge in [0.2, 0.25) is 0 Å². The van der Waals surface area contributed by atoms with Gasteiger partial charge in [-0.15, -0.1) is 0 Å². The zero-order valence-corrected chi connectivity index (χ0v) is 13.5. The first-order chi connectivity index (χ1) is 8.70. The van der Waals surface area contributed by atoms with Crippen molar-refractivity contribution in [2.45, 2.75) is 25.3 Å². The highest BCUT2D eigenvalue weighted by Gasteiger charge is 2.16. The minimum Gasteiger partial charge on any atom is -0.329 e. The minimum atomic E-state index is 0.187. The second-order valence-corrected chi connectivity index (χ2v) is 6.35. The lowest BCUT2D eigenvalue weighted by atomic mass is 10.1. The predicted octanol–water partition coefficient (Wildman–Crippen LogP) is 3.20. The molecular weight excluding hydrogens is 358 g/mol. The van der Waals surface area contributed by atoms with Crippen LogP contribution in [0.2, 0.25) is 0 Å². The van der Waals surface area contributed by atoms with Crippen molar-refractivity contribution in [3.05, 3.63) is 32.7 Å².